The molecule has 8 heteroatoms. The van der Waals surface area contributed by atoms with E-state index in [-0.39, 0.29) is 24.5 Å². The second kappa shape index (κ2) is 10.2. The van der Waals surface area contributed by atoms with Gasteiger partial charge in [0.15, 0.2) is 0 Å². The number of para-hydroxylation sites is 1. The first-order valence-electron chi connectivity index (χ1n) is 10.1. The van der Waals surface area contributed by atoms with E-state index < -0.39 is 17.7 Å². The number of aryl methyl sites for hydroxylation is 1. The van der Waals surface area contributed by atoms with Gasteiger partial charge in [-0.05, 0) is 48.9 Å². The van der Waals surface area contributed by atoms with Gasteiger partial charge in [-0.3, -0.25) is 4.99 Å². The lowest BCUT2D eigenvalue weighted by molar-refractivity contribution is -0.137. The minimum Gasteiger partial charge on any atom is -0.485 e. The van der Waals surface area contributed by atoms with Crippen molar-refractivity contribution in [3.63, 3.8) is 0 Å². The summed E-state index contributed by atoms with van der Waals surface area (Å²) in [5.41, 5.74) is 1.46. The molecule has 33 heavy (non-hydrogen) atoms. The topological polar surface area (TPSA) is 62.1 Å². The van der Waals surface area contributed by atoms with Crippen LogP contribution in [0, 0.1) is 6.92 Å². The van der Waals surface area contributed by atoms with Crippen LogP contribution >= 0.6 is 0 Å². The van der Waals surface area contributed by atoms with Crippen LogP contribution < -0.4 is 9.64 Å². The van der Waals surface area contributed by atoms with Crippen LogP contribution in [0.15, 0.2) is 77.8 Å². The van der Waals surface area contributed by atoms with Crippen LogP contribution in [0.3, 0.4) is 0 Å². The summed E-state index contributed by atoms with van der Waals surface area (Å²) in [6.45, 7) is 1.97. The van der Waals surface area contributed by atoms with E-state index in [1.807, 2.05) is 31.2 Å². The molecule has 0 saturated heterocycles. The average Bonchev–Trinajstić information content (AvgIpc) is 2.79. The zero-order chi connectivity index (χ0) is 24.0. The maximum Gasteiger partial charge on any atom is 0.416 e. The maximum atomic E-state index is 13.2. The molecule has 0 aliphatic rings. The van der Waals surface area contributed by atoms with Crippen LogP contribution in [0.25, 0.3) is 0 Å². The maximum absolute atomic E-state index is 13.2. The highest BCUT2D eigenvalue weighted by atomic mass is 19.4. The molecule has 0 bridgehead atoms. The van der Waals surface area contributed by atoms with Crippen molar-refractivity contribution in [2.45, 2.75) is 19.6 Å². The molecule has 0 atom stereocenters. The molecule has 3 aromatic carbocycles. The van der Waals surface area contributed by atoms with Crippen molar-refractivity contribution in [1.29, 1.82) is 0 Å². The van der Waals surface area contributed by atoms with Gasteiger partial charge in [-0.25, -0.2) is 4.79 Å². The summed E-state index contributed by atoms with van der Waals surface area (Å²) in [6.07, 6.45) is -4.45. The van der Waals surface area contributed by atoms with Crippen molar-refractivity contribution < 1.29 is 27.8 Å². The largest absolute Gasteiger partial charge is 0.485 e. The van der Waals surface area contributed by atoms with Crippen molar-refractivity contribution in [2.75, 3.05) is 18.6 Å². The van der Waals surface area contributed by atoms with Gasteiger partial charge in [0.1, 0.15) is 23.8 Å². The first-order valence-corrected chi connectivity index (χ1v) is 10.1. The molecule has 0 aliphatic heterocycles. The Morgan fingerprint density at radius 3 is 2.36 bits per heavy atom. The second-order valence-corrected chi connectivity index (χ2v) is 7.35. The lowest BCUT2D eigenvalue weighted by Gasteiger charge is -2.27. The Kier molecular flexibility index (Phi) is 7.37. The summed E-state index contributed by atoms with van der Waals surface area (Å²) in [5, 5.41) is 9.38. The van der Waals surface area contributed by atoms with Gasteiger partial charge in [-0.1, -0.05) is 42.0 Å². The first-order chi connectivity index (χ1) is 15.7. The van der Waals surface area contributed by atoms with Gasteiger partial charge in [-0.2, -0.15) is 13.2 Å². The first kappa shape index (κ1) is 23.8. The third kappa shape index (κ3) is 6.12. The van der Waals surface area contributed by atoms with E-state index in [1.54, 1.807) is 36.2 Å². The van der Waals surface area contributed by atoms with Gasteiger partial charge < -0.3 is 14.7 Å². The van der Waals surface area contributed by atoms with Gasteiger partial charge in [-0.15, -0.1) is 0 Å². The van der Waals surface area contributed by atoms with Crippen LogP contribution in [-0.2, 0) is 12.7 Å². The van der Waals surface area contributed by atoms with Crippen molar-refractivity contribution in [3.8, 4) is 5.75 Å². The summed E-state index contributed by atoms with van der Waals surface area (Å²) in [7, 11) is 1.55. The quantitative estimate of drug-likeness (QED) is 0.359. The fourth-order valence-corrected chi connectivity index (χ4v) is 3.26. The van der Waals surface area contributed by atoms with Crippen LogP contribution in [-0.4, -0.2) is 30.6 Å². The molecule has 0 radical (unpaired) electrons. The van der Waals surface area contributed by atoms with E-state index in [0.717, 1.165) is 17.7 Å². The van der Waals surface area contributed by atoms with E-state index in [1.165, 1.54) is 12.1 Å². The van der Waals surface area contributed by atoms with Crippen LogP contribution in [0.2, 0.25) is 0 Å². The highest BCUT2D eigenvalue weighted by molar-refractivity contribution is 5.99. The van der Waals surface area contributed by atoms with Crippen LogP contribution in [0.5, 0.6) is 5.75 Å². The minimum atomic E-state index is -4.45. The Labute approximate surface area is 189 Å². The zero-order valence-corrected chi connectivity index (χ0v) is 18.1. The molecule has 0 unspecified atom stereocenters. The van der Waals surface area contributed by atoms with Crippen molar-refractivity contribution in [3.05, 3.63) is 95.1 Å². The molecule has 3 aromatic rings. The summed E-state index contributed by atoms with van der Waals surface area (Å²) in [4.78, 5) is 17.5. The number of benzene rings is 3. The predicted octanol–water partition coefficient (Wildman–Crippen LogP) is 5.83. The number of anilines is 1. The number of aromatic carboxylic acids is 1. The van der Waals surface area contributed by atoms with E-state index in [9.17, 15) is 23.1 Å². The number of carboxylic acid groups (broad SMARTS) is 1. The standard InChI is InChI=1S/C25H23F3N2O3/c1-17-10-12-20(13-11-17)30(15-18-6-5-7-19(14-18)25(26,27)28)23(29-2)16-33-22-9-4-3-8-21(22)24(31)32/h3-14H,15-16H2,1-2H3,(H,31,32). The molecule has 0 saturated carbocycles. The smallest absolute Gasteiger partial charge is 0.416 e. The predicted molar refractivity (Wildman–Crippen MR) is 121 cm³/mol. The number of halogens is 3. The van der Waals surface area contributed by atoms with E-state index in [2.05, 4.69) is 4.99 Å². The Morgan fingerprint density at radius 2 is 1.73 bits per heavy atom. The molecule has 5 nitrogen and oxygen atoms in total. The monoisotopic (exact) mass is 456 g/mol. The number of hydrogen-bond donors (Lipinski definition) is 1. The molecule has 3 rings (SSSR count). The molecule has 0 fully saturated rings. The minimum absolute atomic E-state index is 0.00715. The number of nitrogens with zero attached hydrogens (tertiary/aromatic N) is 2. The Hall–Kier alpha value is -3.81. The van der Waals surface area contributed by atoms with E-state index >= 15 is 0 Å². The van der Waals surface area contributed by atoms with Gasteiger partial charge in [0.2, 0.25) is 0 Å². The Balaban J connectivity index is 1.92. The van der Waals surface area contributed by atoms with Crippen molar-refractivity contribution >= 4 is 17.5 Å². The number of carboxylic acids is 1. The highest BCUT2D eigenvalue weighted by Crippen LogP contribution is 2.30. The number of carbonyl (C=O) groups is 1. The van der Waals surface area contributed by atoms with Gasteiger partial charge in [0.25, 0.3) is 0 Å². The highest BCUT2D eigenvalue weighted by Gasteiger charge is 2.30. The van der Waals surface area contributed by atoms with Gasteiger partial charge >= 0.3 is 12.1 Å². The lowest BCUT2D eigenvalue weighted by atomic mass is 10.1. The van der Waals surface area contributed by atoms with E-state index in [4.69, 9.17) is 4.74 Å². The molecule has 0 amide bonds. The average molecular weight is 456 g/mol. The molecule has 0 aromatic heterocycles. The van der Waals surface area contributed by atoms with Crippen molar-refractivity contribution in [1.82, 2.24) is 0 Å². The molecule has 172 valence electrons. The summed E-state index contributed by atoms with van der Waals surface area (Å²) >= 11 is 0. The Bertz CT molecular complexity index is 1140. The van der Waals surface area contributed by atoms with Crippen LogP contribution in [0.4, 0.5) is 18.9 Å². The number of ether oxygens (including phenoxy) is 1. The van der Waals surface area contributed by atoms with Crippen molar-refractivity contribution in [2.24, 2.45) is 4.99 Å². The number of rotatable bonds is 7. The Morgan fingerprint density at radius 1 is 1.03 bits per heavy atom. The SMILES string of the molecule is CN=C(COc1ccccc1C(=O)O)N(Cc1cccc(C(F)(F)F)c1)c1ccc(C)cc1. The number of amidine groups is 1. The summed E-state index contributed by atoms with van der Waals surface area (Å²) < 4.78 is 45.4. The van der Waals surface area contributed by atoms with Gasteiger partial charge in [0, 0.05) is 19.3 Å². The molecule has 0 heterocycles. The summed E-state index contributed by atoms with van der Waals surface area (Å²) in [6, 6.07) is 18.8. The molecule has 1 N–H and O–H groups in total. The number of hydrogen-bond acceptors (Lipinski definition) is 3. The normalized spacial score (nSPS) is 11.8. The third-order valence-corrected chi connectivity index (χ3v) is 4.98. The molecular weight excluding hydrogens is 433 g/mol. The van der Waals surface area contributed by atoms with Gasteiger partial charge in [0.05, 0.1) is 5.56 Å². The lowest BCUT2D eigenvalue weighted by Crippen LogP contribution is -2.35. The zero-order valence-electron chi connectivity index (χ0n) is 18.1. The number of aliphatic imine (C=N–C) groups is 1. The fourth-order valence-electron chi connectivity index (χ4n) is 3.26. The molecule has 0 aliphatic carbocycles. The van der Waals surface area contributed by atoms with Crippen LogP contribution in [0.1, 0.15) is 27.0 Å². The summed E-state index contributed by atoms with van der Waals surface area (Å²) in [5.74, 6) is -0.523. The third-order valence-electron chi connectivity index (χ3n) is 4.98. The molecule has 0 spiro atoms. The fraction of sp³-hybridized carbons (Fsp3) is 0.200. The number of alkyl halides is 3. The van der Waals surface area contributed by atoms with E-state index in [0.29, 0.717) is 17.1 Å². The second-order valence-electron chi connectivity index (χ2n) is 7.35. The molecular formula is C25H23F3N2O3.